The number of ether oxygens (including phenoxy) is 1. The first-order valence-corrected chi connectivity index (χ1v) is 29.0. The van der Waals surface area contributed by atoms with Gasteiger partial charge in [0.05, 0.1) is 23.8 Å². The zero-order valence-electron chi connectivity index (χ0n) is 40.8. The maximum Gasteiger partial charge on any atom is 0.501 e. The Morgan fingerprint density at radius 2 is 1.63 bits per heavy atom. The Labute approximate surface area is 443 Å². The van der Waals surface area contributed by atoms with E-state index < -0.39 is 52.8 Å². The molecule has 396 valence electrons. The molecule has 13 nitrogen and oxygen atoms in total. The molecular weight excluding hydrogens is 1040 g/mol. The van der Waals surface area contributed by atoms with Crippen LogP contribution in [-0.2, 0) is 24.6 Å². The molecule has 0 radical (unpaired) electrons. The maximum atomic E-state index is 14.3. The molecule has 1 amide bonds. The van der Waals surface area contributed by atoms with E-state index in [0.29, 0.717) is 63.2 Å². The molecule has 0 saturated carbocycles. The van der Waals surface area contributed by atoms with Crippen LogP contribution in [0.3, 0.4) is 0 Å². The number of sulfone groups is 1. The number of allylic oxidation sites excluding steroid dienone is 1. The smallest absolute Gasteiger partial charge is 0.380 e. The summed E-state index contributed by atoms with van der Waals surface area (Å²) in [6.07, 6.45) is 4.87. The summed E-state index contributed by atoms with van der Waals surface area (Å²) in [5.41, 5.74) is -0.978. The minimum absolute atomic E-state index is 0. The Hall–Kier alpha value is -3.89. The van der Waals surface area contributed by atoms with Gasteiger partial charge >= 0.3 is 5.51 Å². The van der Waals surface area contributed by atoms with Crippen molar-refractivity contribution in [3.05, 3.63) is 119 Å². The van der Waals surface area contributed by atoms with Crippen LogP contribution in [0.25, 0.3) is 5.57 Å². The molecule has 4 heterocycles. The first-order chi connectivity index (χ1) is 34.4. The number of anilines is 2. The van der Waals surface area contributed by atoms with Gasteiger partial charge in [0, 0.05) is 117 Å². The molecule has 3 N–H and O–H groups in total. The predicted octanol–water partition coefficient (Wildman–Crippen LogP) is 8.28. The number of halogens is 5. The number of alkyl halides is 3. The second-order valence-electron chi connectivity index (χ2n) is 20.1. The zero-order valence-corrected chi connectivity index (χ0v) is 44.8. The highest BCUT2D eigenvalue weighted by molar-refractivity contribution is 7.99. The Kier molecular flexibility index (Phi) is 17.9. The lowest BCUT2D eigenvalue weighted by Crippen LogP contribution is -2.49. The number of carbonyl (C=O) groups is 1. The quantitative estimate of drug-likeness (QED) is 0.0824. The van der Waals surface area contributed by atoms with Gasteiger partial charge in [0.2, 0.25) is 0 Å². The molecule has 4 aromatic rings. The van der Waals surface area contributed by atoms with Gasteiger partial charge in [-0.3, -0.25) is 19.5 Å². The third kappa shape index (κ3) is 13.6. The summed E-state index contributed by atoms with van der Waals surface area (Å²) in [7, 11) is -10.9. The Morgan fingerprint density at radius 3 is 2.29 bits per heavy atom. The van der Waals surface area contributed by atoms with Crippen LogP contribution in [0.4, 0.5) is 24.5 Å². The van der Waals surface area contributed by atoms with Crippen molar-refractivity contribution in [2.45, 2.75) is 77.3 Å². The van der Waals surface area contributed by atoms with Gasteiger partial charge in [0.25, 0.3) is 25.8 Å². The maximum absolute atomic E-state index is 14.3. The molecule has 9 rings (SSSR count). The summed E-state index contributed by atoms with van der Waals surface area (Å²) in [5, 5.41) is 7.36. The molecule has 73 heavy (non-hydrogen) atoms. The molecule has 5 aliphatic rings. The van der Waals surface area contributed by atoms with Crippen LogP contribution in [0.2, 0.25) is 5.02 Å². The minimum atomic E-state index is -6.06. The van der Waals surface area contributed by atoms with Crippen molar-refractivity contribution < 1.29 is 39.5 Å². The summed E-state index contributed by atoms with van der Waals surface area (Å²) in [4.78, 5) is 21.9. The summed E-state index contributed by atoms with van der Waals surface area (Å²) < 4.78 is 104. The number of rotatable bonds is 18. The molecule has 4 aliphatic heterocycles. The van der Waals surface area contributed by atoms with Crippen LogP contribution in [-0.4, -0.2) is 152 Å². The van der Waals surface area contributed by atoms with E-state index in [1.807, 2.05) is 47.2 Å². The predicted molar refractivity (Wildman–Crippen MR) is 285 cm³/mol. The molecular formula is C52H64Cl2F3N7O6S3. The average molecular weight is 1110 g/mol. The largest absolute Gasteiger partial charge is 0.501 e. The van der Waals surface area contributed by atoms with Crippen LogP contribution >= 0.6 is 35.8 Å². The number of thioether (sulfide) groups is 1. The van der Waals surface area contributed by atoms with Crippen molar-refractivity contribution in [2.75, 3.05) is 101 Å². The number of carbonyl (C=O) groups excluding carboxylic acids is 1. The van der Waals surface area contributed by atoms with Crippen LogP contribution < -0.4 is 20.3 Å². The molecule has 4 atom stereocenters. The summed E-state index contributed by atoms with van der Waals surface area (Å²) in [6, 6.07) is 27.3. The molecule has 4 fully saturated rings. The Bertz CT molecular complexity index is 2800. The number of nitrogens with zero attached hydrogens (tertiary/aromatic N) is 4. The highest BCUT2D eigenvalue weighted by Crippen LogP contribution is 2.45. The monoisotopic (exact) mass is 1110 g/mol. The molecule has 0 spiro atoms. The molecule has 0 aromatic heterocycles. The molecule has 2 unspecified atom stereocenters. The van der Waals surface area contributed by atoms with Crippen LogP contribution in [0.1, 0.15) is 54.9 Å². The fourth-order valence-corrected chi connectivity index (χ4v) is 14.0. The Morgan fingerprint density at radius 1 is 0.918 bits per heavy atom. The third-order valence-electron chi connectivity index (χ3n) is 14.8. The number of fused-ring (bicyclic) bond motifs is 2. The van der Waals surface area contributed by atoms with Gasteiger partial charge in [-0.1, -0.05) is 54.4 Å². The number of hydrogen-bond acceptors (Lipinski definition) is 13. The lowest BCUT2D eigenvalue weighted by Gasteiger charge is -2.43. The second-order valence-corrected chi connectivity index (χ2v) is 25.2. The summed E-state index contributed by atoms with van der Waals surface area (Å²) in [5.74, 6) is -0.651. The van der Waals surface area contributed by atoms with Crippen LogP contribution in [0.5, 0.6) is 0 Å². The fourth-order valence-electron chi connectivity index (χ4n) is 10.9. The third-order valence-corrected chi connectivity index (χ3v) is 19.1. The number of likely N-dealkylation sites (tertiary alicyclic amines) is 1. The molecule has 4 saturated heterocycles. The number of benzene rings is 4. The number of hydrogen-bond donors (Lipinski definition) is 3. The highest BCUT2D eigenvalue weighted by atomic mass is 35.5. The van der Waals surface area contributed by atoms with Gasteiger partial charge in [-0.15, -0.1) is 24.2 Å². The highest BCUT2D eigenvalue weighted by Gasteiger charge is 2.49. The van der Waals surface area contributed by atoms with Crippen LogP contribution in [0, 0.1) is 5.41 Å². The van der Waals surface area contributed by atoms with Gasteiger partial charge in [0.1, 0.15) is 4.90 Å². The first-order valence-electron chi connectivity index (χ1n) is 24.7. The van der Waals surface area contributed by atoms with E-state index >= 15 is 0 Å². The van der Waals surface area contributed by atoms with Crippen molar-refractivity contribution in [1.29, 1.82) is 0 Å². The topological polar surface area (TPSA) is 144 Å². The minimum Gasteiger partial charge on any atom is -0.380 e. The van der Waals surface area contributed by atoms with Crippen LogP contribution in [0.15, 0.2) is 117 Å². The number of morpholine rings is 1. The van der Waals surface area contributed by atoms with Crippen molar-refractivity contribution in [1.82, 2.24) is 24.7 Å². The lowest BCUT2D eigenvalue weighted by molar-refractivity contribution is -0.0435. The zero-order chi connectivity index (χ0) is 50.7. The fraction of sp³-hybridized carbons (Fsp3) is 0.481. The number of sulfonamides is 1. The van der Waals surface area contributed by atoms with Gasteiger partial charge in [-0.2, -0.15) is 13.2 Å². The van der Waals surface area contributed by atoms with E-state index in [1.54, 1.807) is 12.1 Å². The second kappa shape index (κ2) is 23.6. The van der Waals surface area contributed by atoms with E-state index in [2.05, 4.69) is 49.3 Å². The van der Waals surface area contributed by atoms with Gasteiger partial charge in [-0.25, -0.2) is 21.6 Å². The van der Waals surface area contributed by atoms with Crippen molar-refractivity contribution in [3.63, 3.8) is 0 Å². The van der Waals surface area contributed by atoms with Gasteiger partial charge in [0.15, 0.2) is 0 Å². The van der Waals surface area contributed by atoms with Gasteiger partial charge < -0.3 is 20.3 Å². The van der Waals surface area contributed by atoms with E-state index in [9.17, 15) is 34.8 Å². The van der Waals surface area contributed by atoms with Crippen molar-refractivity contribution in [3.8, 4) is 0 Å². The SMILES string of the molecule is CC1(CN2C[C@H]3C[C@@H]2CN3)CCC(c2ccc(Cl)cc2)=C(CN2CCN(c3ccc(C(=O)NS(=O)(=O)c4ccc(NC(CCN5CCOCC5)CSc5ccccc5)c(S(=O)(=O)C(F)(F)F)c4)cc3)CC2)C1.Cl. The normalized spacial score (nSPS) is 22.8. The molecule has 4 aromatic carbocycles. The van der Waals surface area contributed by atoms with Crippen molar-refractivity contribution >= 4 is 78.5 Å². The van der Waals surface area contributed by atoms with E-state index in [0.717, 1.165) is 99.4 Å². The first kappa shape index (κ1) is 55.3. The molecule has 21 heteroatoms. The van der Waals surface area contributed by atoms with Gasteiger partial charge in [-0.05, 0) is 115 Å². The summed E-state index contributed by atoms with van der Waals surface area (Å²) in [6.45, 7) is 12.8. The molecule has 1 aliphatic carbocycles. The van der Waals surface area contributed by atoms with E-state index in [1.165, 1.54) is 47.0 Å². The van der Waals surface area contributed by atoms with E-state index in [4.69, 9.17) is 16.3 Å². The summed E-state index contributed by atoms with van der Waals surface area (Å²) >= 11 is 7.76. The standard InChI is InChI=1S/C52H63ClF3N7O6S3.ClH/c1-51(36-63-34-42-29-44(63)32-57-42)19-17-47(37-7-11-40(53)12-8-37)39(31-51)33-61-21-23-62(24-22-61)43-13-9-38(10-14-43)50(64)59-72(67,68)46-15-16-48(49(30-46)71(65,66)52(54,55)56)58-41(18-20-60-25-27-69-28-26-60)35-70-45-5-3-2-4-6-45;/h2-16,30,41-42,44,57-58H,17-29,31-36H2,1H3,(H,59,64);1H/t41?,42-,44-,51?;/m1./s1. The number of nitrogens with one attached hydrogen (secondary N) is 3. The molecule has 2 bridgehead atoms. The lowest BCUT2D eigenvalue weighted by atomic mass is 9.71. The Balaban J connectivity index is 0.00000711. The van der Waals surface area contributed by atoms with E-state index in [-0.39, 0.29) is 23.4 Å². The number of piperazine rings is 2. The number of amides is 1. The van der Waals surface area contributed by atoms with Crippen molar-refractivity contribution in [2.24, 2.45) is 5.41 Å². The average Bonchev–Trinajstić information content (AvgIpc) is 3.99.